The number of aryl methyl sites for hydroxylation is 1. The molecule has 0 aliphatic rings. The van der Waals surface area contributed by atoms with Crippen LogP contribution in [0.15, 0.2) is 59.6 Å². The van der Waals surface area contributed by atoms with Crippen LogP contribution in [0.1, 0.15) is 5.56 Å². The first kappa shape index (κ1) is 20.2. The number of pyridine rings is 1. The van der Waals surface area contributed by atoms with Crippen LogP contribution in [0.5, 0.6) is 11.5 Å². The normalized spacial score (nSPS) is 11.6. The summed E-state index contributed by atoms with van der Waals surface area (Å²) in [6.45, 7) is 1.88. The van der Waals surface area contributed by atoms with Crippen LogP contribution in [0, 0.1) is 6.92 Å². The van der Waals surface area contributed by atoms with Crippen LogP contribution >= 0.6 is 11.6 Å². The lowest BCUT2D eigenvalue weighted by molar-refractivity contribution is 0.395. The average molecular weight is 444 g/mol. The van der Waals surface area contributed by atoms with Crippen LogP contribution in [-0.4, -0.2) is 36.8 Å². The molecule has 2 aromatic carbocycles. The Morgan fingerprint density at radius 2 is 1.73 bits per heavy atom. The zero-order valence-electron chi connectivity index (χ0n) is 16.5. The van der Waals surface area contributed by atoms with Crippen LogP contribution < -0.4 is 9.47 Å². The standard InChI is InChI=1S/C21H18ClN3O4S/c1-13-4-7-15(8-5-13)30(26,27)25-21-19(17(22)10-11-23-21)20(24-25)16-9-6-14(28-2)12-18(16)29-3/h4-12H,1-3H3. The van der Waals surface area contributed by atoms with Crippen molar-refractivity contribution in [1.82, 2.24) is 14.2 Å². The van der Waals surface area contributed by atoms with E-state index in [1.165, 1.54) is 25.4 Å². The van der Waals surface area contributed by atoms with Crippen LogP contribution in [0.4, 0.5) is 0 Å². The van der Waals surface area contributed by atoms with Crippen molar-refractivity contribution in [3.05, 3.63) is 65.3 Å². The molecule has 0 bridgehead atoms. The minimum absolute atomic E-state index is 0.104. The van der Waals surface area contributed by atoms with Gasteiger partial charge in [0.15, 0.2) is 5.65 Å². The van der Waals surface area contributed by atoms with Gasteiger partial charge in [0.2, 0.25) is 0 Å². The number of aromatic nitrogens is 3. The van der Waals surface area contributed by atoms with E-state index in [-0.39, 0.29) is 10.5 Å². The molecule has 0 fully saturated rings. The highest BCUT2D eigenvalue weighted by Gasteiger charge is 2.27. The van der Waals surface area contributed by atoms with E-state index in [4.69, 9.17) is 21.1 Å². The summed E-state index contributed by atoms with van der Waals surface area (Å²) in [6.07, 6.45) is 1.45. The maximum atomic E-state index is 13.3. The first-order valence-electron chi connectivity index (χ1n) is 8.94. The Kier molecular flexibility index (Phi) is 5.13. The molecule has 30 heavy (non-hydrogen) atoms. The highest BCUT2D eigenvalue weighted by Crippen LogP contribution is 2.39. The SMILES string of the molecule is COc1ccc(-c2nn(S(=O)(=O)c3ccc(C)cc3)c3nccc(Cl)c23)c(OC)c1. The van der Waals surface area contributed by atoms with Gasteiger partial charge in [-0.1, -0.05) is 29.3 Å². The Hall–Kier alpha value is -3.10. The van der Waals surface area contributed by atoms with Gasteiger partial charge < -0.3 is 9.47 Å². The molecule has 9 heteroatoms. The van der Waals surface area contributed by atoms with E-state index in [1.807, 2.05) is 6.92 Å². The van der Waals surface area contributed by atoms with E-state index in [1.54, 1.807) is 43.5 Å². The summed E-state index contributed by atoms with van der Waals surface area (Å²) in [4.78, 5) is 4.36. The molecule has 0 spiro atoms. The zero-order valence-corrected chi connectivity index (χ0v) is 18.0. The Morgan fingerprint density at radius 3 is 2.40 bits per heavy atom. The number of benzene rings is 2. The predicted octanol–water partition coefficient (Wildman–Crippen LogP) is 4.31. The highest BCUT2D eigenvalue weighted by molar-refractivity contribution is 7.90. The first-order valence-corrected chi connectivity index (χ1v) is 10.8. The lowest BCUT2D eigenvalue weighted by Gasteiger charge is -2.09. The molecule has 0 radical (unpaired) electrons. The van der Waals surface area contributed by atoms with Gasteiger partial charge in [-0.05, 0) is 37.3 Å². The molecule has 2 aromatic heterocycles. The summed E-state index contributed by atoms with van der Waals surface area (Å²) >= 11 is 6.44. The van der Waals surface area contributed by atoms with Gasteiger partial charge in [0.25, 0.3) is 10.0 Å². The topological polar surface area (TPSA) is 83.3 Å². The number of hydrogen-bond acceptors (Lipinski definition) is 6. The molecule has 0 atom stereocenters. The fraction of sp³-hybridized carbons (Fsp3) is 0.143. The van der Waals surface area contributed by atoms with Gasteiger partial charge in [0.1, 0.15) is 17.2 Å². The maximum Gasteiger partial charge on any atom is 0.284 e. The van der Waals surface area contributed by atoms with Gasteiger partial charge in [-0.2, -0.15) is 13.5 Å². The molecule has 0 saturated carbocycles. The Morgan fingerprint density at radius 1 is 1.00 bits per heavy atom. The summed E-state index contributed by atoms with van der Waals surface area (Å²) in [5, 5.41) is 5.16. The van der Waals surface area contributed by atoms with E-state index in [2.05, 4.69) is 10.1 Å². The minimum Gasteiger partial charge on any atom is -0.497 e. The first-order chi connectivity index (χ1) is 14.4. The van der Waals surface area contributed by atoms with E-state index >= 15 is 0 Å². The average Bonchev–Trinajstić information content (AvgIpc) is 3.15. The number of ether oxygens (including phenoxy) is 2. The Balaban J connectivity index is 2.02. The number of methoxy groups -OCH3 is 2. The lowest BCUT2D eigenvalue weighted by Crippen LogP contribution is -2.15. The maximum absolute atomic E-state index is 13.3. The highest BCUT2D eigenvalue weighted by atomic mass is 35.5. The second kappa shape index (κ2) is 7.62. The molecule has 0 saturated heterocycles. The Bertz CT molecular complexity index is 1350. The van der Waals surface area contributed by atoms with E-state index in [0.29, 0.717) is 33.2 Å². The second-order valence-corrected chi connectivity index (χ2v) is 8.74. The molecule has 4 aromatic rings. The number of hydrogen-bond donors (Lipinski definition) is 0. The summed E-state index contributed by atoms with van der Waals surface area (Å²) in [7, 11) is -0.936. The van der Waals surface area contributed by atoms with Gasteiger partial charge in [-0.3, -0.25) is 0 Å². The fourth-order valence-electron chi connectivity index (χ4n) is 3.14. The number of nitrogens with zero attached hydrogens (tertiary/aromatic N) is 3. The number of halogens is 1. The van der Waals surface area contributed by atoms with Crippen LogP contribution in [-0.2, 0) is 10.0 Å². The van der Waals surface area contributed by atoms with Crippen molar-refractivity contribution in [2.75, 3.05) is 14.2 Å². The third-order valence-electron chi connectivity index (χ3n) is 4.70. The third kappa shape index (κ3) is 3.28. The third-order valence-corrected chi connectivity index (χ3v) is 6.59. The van der Waals surface area contributed by atoms with Crippen molar-refractivity contribution < 1.29 is 17.9 Å². The fourth-order valence-corrected chi connectivity index (χ4v) is 4.61. The zero-order chi connectivity index (χ0) is 21.5. The van der Waals surface area contributed by atoms with Crippen molar-refractivity contribution in [2.45, 2.75) is 11.8 Å². The van der Waals surface area contributed by atoms with Crippen LogP contribution in [0.3, 0.4) is 0 Å². The quantitative estimate of drug-likeness (QED) is 0.457. The number of rotatable bonds is 5. The van der Waals surface area contributed by atoms with E-state index < -0.39 is 10.0 Å². The molecular formula is C21H18ClN3O4S. The van der Waals surface area contributed by atoms with Crippen molar-refractivity contribution in [3.8, 4) is 22.8 Å². The molecule has 4 rings (SSSR count). The smallest absolute Gasteiger partial charge is 0.284 e. The largest absolute Gasteiger partial charge is 0.497 e. The molecule has 7 nitrogen and oxygen atoms in total. The Labute approximate surface area is 178 Å². The van der Waals surface area contributed by atoms with Gasteiger partial charge in [0.05, 0.1) is 29.5 Å². The van der Waals surface area contributed by atoms with Crippen molar-refractivity contribution in [2.24, 2.45) is 0 Å². The van der Waals surface area contributed by atoms with Crippen LogP contribution in [0.2, 0.25) is 5.02 Å². The monoisotopic (exact) mass is 443 g/mol. The van der Waals surface area contributed by atoms with E-state index in [0.717, 1.165) is 9.65 Å². The molecule has 0 amide bonds. The van der Waals surface area contributed by atoms with Gasteiger partial charge in [0, 0.05) is 17.8 Å². The van der Waals surface area contributed by atoms with E-state index in [9.17, 15) is 8.42 Å². The van der Waals surface area contributed by atoms with Crippen molar-refractivity contribution >= 4 is 32.7 Å². The molecule has 0 aliphatic heterocycles. The van der Waals surface area contributed by atoms with Gasteiger partial charge >= 0.3 is 0 Å². The minimum atomic E-state index is -4.00. The molecule has 0 aliphatic carbocycles. The molecular weight excluding hydrogens is 426 g/mol. The summed E-state index contributed by atoms with van der Waals surface area (Å²) in [5.41, 5.74) is 1.99. The molecule has 0 N–H and O–H groups in total. The van der Waals surface area contributed by atoms with Gasteiger partial charge in [-0.25, -0.2) is 4.98 Å². The summed E-state index contributed by atoms with van der Waals surface area (Å²) in [5.74, 6) is 1.06. The lowest BCUT2D eigenvalue weighted by atomic mass is 10.1. The van der Waals surface area contributed by atoms with Crippen molar-refractivity contribution in [3.63, 3.8) is 0 Å². The van der Waals surface area contributed by atoms with Gasteiger partial charge in [-0.15, -0.1) is 4.09 Å². The second-order valence-electron chi connectivity index (χ2n) is 6.57. The molecule has 0 unspecified atom stereocenters. The molecule has 154 valence electrons. The van der Waals surface area contributed by atoms with Crippen LogP contribution in [0.25, 0.3) is 22.3 Å². The molecule has 2 heterocycles. The summed E-state index contributed by atoms with van der Waals surface area (Å²) < 4.78 is 38.3. The predicted molar refractivity (Wildman–Crippen MR) is 115 cm³/mol. The summed E-state index contributed by atoms with van der Waals surface area (Å²) in [6, 6.07) is 13.3. The number of fused-ring (bicyclic) bond motifs is 1. The van der Waals surface area contributed by atoms with Crippen molar-refractivity contribution in [1.29, 1.82) is 0 Å².